The van der Waals surface area contributed by atoms with Crippen molar-refractivity contribution in [2.75, 3.05) is 0 Å². The van der Waals surface area contributed by atoms with Crippen LogP contribution in [-0.2, 0) is 23.1 Å². The van der Waals surface area contributed by atoms with Crippen molar-refractivity contribution in [3.05, 3.63) is 101 Å². The molecule has 0 aliphatic heterocycles. The monoisotopic (exact) mass is 414 g/mol. The Morgan fingerprint density at radius 3 is 2.32 bits per heavy atom. The number of hydrogen-bond acceptors (Lipinski definition) is 3. The van der Waals surface area contributed by atoms with E-state index in [-0.39, 0.29) is 29.5 Å². The van der Waals surface area contributed by atoms with E-state index in [0.717, 1.165) is 11.1 Å². The second-order valence-corrected chi connectivity index (χ2v) is 8.29. The minimum atomic E-state index is -3.74. The number of amides is 1. The van der Waals surface area contributed by atoms with E-state index in [4.69, 9.17) is 11.6 Å². The first-order valence-corrected chi connectivity index (χ1v) is 10.5. The van der Waals surface area contributed by atoms with Gasteiger partial charge in [0.05, 0.1) is 4.90 Å². The van der Waals surface area contributed by atoms with Gasteiger partial charge in [-0.15, -0.1) is 0 Å². The first-order chi connectivity index (χ1) is 13.5. The summed E-state index contributed by atoms with van der Waals surface area (Å²) in [4.78, 5) is 12.5. The van der Waals surface area contributed by atoms with E-state index in [9.17, 15) is 13.2 Å². The molecule has 0 heterocycles. The summed E-state index contributed by atoms with van der Waals surface area (Å²) in [6, 6.07) is 22.3. The van der Waals surface area contributed by atoms with Gasteiger partial charge in [-0.05, 0) is 35.4 Å². The number of sulfonamides is 1. The van der Waals surface area contributed by atoms with Crippen LogP contribution in [0.25, 0.3) is 0 Å². The Morgan fingerprint density at radius 1 is 0.857 bits per heavy atom. The SMILES string of the molecule is O=C(NCc1ccccc1Cl)c1cccc(S(=O)(=O)NCc2ccccc2)c1. The summed E-state index contributed by atoms with van der Waals surface area (Å²) in [7, 11) is -3.74. The molecule has 0 aliphatic carbocycles. The number of carbonyl (C=O) groups excluding carboxylic acids is 1. The Labute approximate surface area is 169 Å². The van der Waals surface area contributed by atoms with Crippen LogP contribution in [0.3, 0.4) is 0 Å². The lowest BCUT2D eigenvalue weighted by Crippen LogP contribution is -2.25. The highest BCUT2D eigenvalue weighted by Crippen LogP contribution is 2.16. The van der Waals surface area contributed by atoms with Crippen molar-refractivity contribution in [2.24, 2.45) is 0 Å². The summed E-state index contributed by atoms with van der Waals surface area (Å²) in [6.45, 7) is 0.424. The van der Waals surface area contributed by atoms with Crippen LogP contribution in [0.2, 0.25) is 5.02 Å². The summed E-state index contributed by atoms with van der Waals surface area (Å²) < 4.78 is 27.6. The molecule has 28 heavy (non-hydrogen) atoms. The molecule has 0 spiro atoms. The molecule has 3 aromatic rings. The molecular weight excluding hydrogens is 396 g/mol. The number of benzene rings is 3. The molecule has 0 saturated heterocycles. The van der Waals surface area contributed by atoms with Crippen LogP contribution in [0, 0.1) is 0 Å². The van der Waals surface area contributed by atoms with Crippen LogP contribution in [0.4, 0.5) is 0 Å². The van der Waals surface area contributed by atoms with Crippen LogP contribution in [0.1, 0.15) is 21.5 Å². The molecule has 0 bridgehead atoms. The molecule has 2 N–H and O–H groups in total. The van der Waals surface area contributed by atoms with Gasteiger partial charge in [0.2, 0.25) is 10.0 Å². The molecule has 0 aromatic heterocycles. The van der Waals surface area contributed by atoms with Crippen LogP contribution < -0.4 is 10.0 Å². The molecule has 0 unspecified atom stereocenters. The summed E-state index contributed by atoms with van der Waals surface area (Å²) in [5.74, 6) is -0.375. The minimum Gasteiger partial charge on any atom is -0.348 e. The number of carbonyl (C=O) groups is 1. The smallest absolute Gasteiger partial charge is 0.251 e. The van der Waals surface area contributed by atoms with E-state index in [2.05, 4.69) is 10.0 Å². The predicted molar refractivity (Wildman–Crippen MR) is 110 cm³/mol. The standard InChI is InChI=1S/C21H19ClN2O3S/c22-20-12-5-4-9-18(20)15-23-21(25)17-10-6-11-19(13-17)28(26,27)24-14-16-7-2-1-3-8-16/h1-13,24H,14-15H2,(H,23,25). The number of nitrogens with one attached hydrogen (secondary N) is 2. The van der Waals surface area contributed by atoms with Crippen molar-refractivity contribution >= 4 is 27.5 Å². The van der Waals surface area contributed by atoms with E-state index in [0.29, 0.717) is 5.02 Å². The highest BCUT2D eigenvalue weighted by Gasteiger charge is 2.16. The molecule has 0 aliphatic rings. The zero-order chi connectivity index (χ0) is 20.0. The Bertz CT molecular complexity index is 1070. The van der Waals surface area contributed by atoms with Crippen LogP contribution in [0.15, 0.2) is 83.8 Å². The predicted octanol–water partition coefficient (Wildman–Crippen LogP) is 3.75. The maximum atomic E-state index is 12.5. The summed E-state index contributed by atoms with van der Waals surface area (Å²) in [5, 5.41) is 3.31. The summed E-state index contributed by atoms with van der Waals surface area (Å²) >= 11 is 6.09. The topological polar surface area (TPSA) is 75.3 Å². The van der Waals surface area contributed by atoms with Gasteiger partial charge in [0, 0.05) is 23.7 Å². The number of hydrogen-bond donors (Lipinski definition) is 2. The molecule has 3 aromatic carbocycles. The molecular formula is C21H19ClN2O3S. The highest BCUT2D eigenvalue weighted by atomic mass is 35.5. The lowest BCUT2D eigenvalue weighted by atomic mass is 10.2. The fourth-order valence-corrected chi connectivity index (χ4v) is 3.85. The summed E-state index contributed by atoms with van der Waals surface area (Å²) in [6.07, 6.45) is 0. The van der Waals surface area contributed by atoms with E-state index < -0.39 is 10.0 Å². The van der Waals surface area contributed by atoms with Crippen molar-refractivity contribution in [2.45, 2.75) is 18.0 Å². The highest BCUT2D eigenvalue weighted by molar-refractivity contribution is 7.89. The normalized spacial score (nSPS) is 11.2. The first kappa shape index (κ1) is 20.1. The maximum Gasteiger partial charge on any atom is 0.251 e. The fourth-order valence-electron chi connectivity index (χ4n) is 2.58. The van der Waals surface area contributed by atoms with Crippen molar-refractivity contribution in [3.63, 3.8) is 0 Å². The van der Waals surface area contributed by atoms with Gasteiger partial charge in [-0.2, -0.15) is 0 Å². The van der Waals surface area contributed by atoms with Crippen molar-refractivity contribution in [3.8, 4) is 0 Å². The van der Waals surface area contributed by atoms with E-state index in [1.165, 1.54) is 12.1 Å². The quantitative estimate of drug-likeness (QED) is 0.618. The van der Waals surface area contributed by atoms with Crippen molar-refractivity contribution in [1.82, 2.24) is 10.0 Å². The van der Waals surface area contributed by atoms with Crippen molar-refractivity contribution < 1.29 is 13.2 Å². The zero-order valence-electron chi connectivity index (χ0n) is 14.9. The van der Waals surface area contributed by atoms with Gasteiger partial charge >= 0.3 is 0 Å². The number of rotatable bonds is 7. The molecule has 0 radical (unpaired) electrons. The minimum absolute atomic E-state index is 0.0359. The molecule has 1 amide bonds. The first-order valence-electron chi connectivity index (χ1n) is 8.61. The van der Waals surface area contributed by atoms with Gasteiger partial charge in [-0.1, -0.05) is 66.2 Å². The second kappa shape index (κ2) is 9.01. The Hall–Kier alpha value is -2.67. The van der Waals surface area contributed by atoms with Crippen molar-refractivity contribution in [1.29, 1.82) is 0 Å². The van der Waals surface area contributed by atoms with Crippen LogP contribution >= 0.6 is 11.6 Å². The van der Waals surface area contributed by atoms with E-state index >= 15 is 0 Å². The molecule has 7 heteroatoms. The van der Waals surface area contributed by atoms with Gasteiger partial charge in [0.15, 0.2) is 0 Å². The van der Waals surface area contributed by atoms with E-state index in [1.54, 1.807) is 18.2 Å². The molecule has 0 atom stereocenters. The van der Waals surface area contributed by atoms with Gasteiger partial charge < -0.3 is 5.32 Å². The third kappa shape index (κ3) is 5.19. The molecule has 144 valence electrons. The van der Waals surface area contributed by atoms with Crippen LogP contribution in [-0.4, -0.2) is 14.3 Å². The number of halogens is 1. The molecule has 0 saturated carbocycles. The Balaban J connectivity index is 1.68. The third-order valence-corrected chi connectivity index (χ3v) is 5.88. The Morgan fingerprint density at radius 2 is 1.57 bits per heavy atom. The third-order valence-electron chi connectivity index (χ3n) is 4.11. The van der Waals surface area contributed by atoms with Gasteiger partial charge in [0.25, 0.3) is 5.91 Å². The Kier molecular flexibility index (Phi) is 6.46. The lowest BCUT2D eigenvalue weighted by molar-refractivity contribution is 0.0950. The average molecular weight is 415 g/mol. The zero-order valence-corrected chi connectivity index (χ0v) is 16.5. The van der Waals surface area contributed by atoms with Gasteiger partial charge in [-0.25, -0.2) is 13.1 Å². The fraction of sp³-hybridized carbons (Fsp3) is 0.0952. The average Bonchev–Trinajstić information content (AvgIpc) is 2.72. The van der Waals surface area contributed by atoms with Gasteiger partial charge in [0.1, 0.15) is 0 Å². The molecule has 5 nitrogen and oxygen atoms in total. The molecule has 0 fully saturated rings. The van der Waals surface area contributed by atoms with Gasteiger partial charge in [-0.3, -0.25) is 4.79 Å². The second-order valence-electron chi connectivity index (χ2n) is 6.11. The van der Waals surface area contributed by atoms with Crippen LogP contribution in [0.5, 0.6) is 0 Å². The van der Waals surface area contributed by atoms with E-state index in [1.807, 2.05) is 48.5 Å². The maximum absolute atomic E-state index is 12.5. The largest absolute Gasteiger partial charge is 0.348 e. The summed E-state index contributed by atoms with van der Waals surface area (Å²) in [5.41, 5.74) is 1.89. The molecule has 3 rings (SSSR count). The lowest BCUT2D eigenvalue weighted by Gasteiger charge is -2.10.